The van der Waals surface area contributed by atoms with E-state index in [0.29, 0.717) is 12.1 Å². The highest BCUT2D eigenvalue weighted by Gasteiger charge is 2.25. The minimum atomic E-state index is -0.197. The molecule has 2 aromatic rings. The fourth-order valence-corrected chi connectivity index (χ4v) is 3.55. The number of nitrogens with zero attached hydrogens (tertiary/aromatic N) is 1. The highest BCUT2D eigenvalue weighted by Crippen LogP contribution is 2.36. The summed E-state index contributed by atoms with van der Waals surface area (Å²) in [4.78, 5) is 11.6. The predicted octanol–water partition coefficient (Wildman–Crippen LogP) is 5.74. The molecule has 2 rings (SSSR count). The van der Waals surface area contributed by atoms with Gasteiger partial charge in [-0.2, -0.15) is 0 Å². The Morgan fingerprint density at radius 1 is 1.00 bits per heavy atom. The molecular weight excluding hydrogens is 298 g/mol. The quantitative estimate of drug-likeness (QED) is 0.502. The summed E-state index contributed by atoms with van der Waals surface area (Å²) in [5.74, 6) is 0.00575. The smallest absolute Gasteiger partial charge is 0.258 e. The zero-order valence-electron chi connectivity index (χ0n) is 15.3. The molecule has 1 atom stereocenters. The average Bonchev–Trinajstić information content (AvgIpc) is 2.59. The van der Waals surface area contributed by atoms with Crippen LogP contribution >= 0.6 is 0 Å². The van der Waals surface area contributed by atoms with Gasteiger partial charge in [0, 0.05) is 17.0 Å². The van der Waals surface area contributed by atoms with Crippen LogP contribution in [0.25, 0.3) is 0 Å². The molecule has 0 bridgehead atoms. The summed E-state index contributed by atoms with van der Waals surface area (Å²) in [6.45, 7) is 10.4. The zero-order chi connectivity index (χ0) is 17.9. The van der Waals surface area contributed by atoms with Gasteiger partial charge in [-0.15, -0.1) is 0 Å². The number of hydrogen-bond acceptors (Lipinski definition) is 2. The Hall–Kier alpha value is -2.16. The van der Waals surface area contributed by atoms with Crippen molar-refractivity contribution >= 4 is 5.69 Å². The van der Waals surface area contributed by atoms with Crippen LogP contribution < -0.4 is 0 Å². The molecule has 24 heavy (non-hydrogen) atoms. The van der Waals surface area contributed by atoms with Crippen molar-refractivity contribution in [2.45, 2.75) is 59.8 Å². The molecule has 2 aromatic carbocycles. The lowest BCUT2D eigenvalue weighted by Gasteiger charge is -2.18. The lowest BCUT2D eigenvalue weighted by atomic mass is 9.86. The fraction of sp³-hybridized carbons (Fsp3) is 0.429. The number of benzene rings is 2. The van der Waals surface area contributed by atoms with Gasteiger partial charge in [-0.05, 0) is 48.4 Å². The number of rotatable bonds is 6. The second-order valence-corrected chi connectivity index (χ2v) is 6.37. The first-order valence-electron chi connectivity index (χ1n) is 8.82. The van der Waals surface area contributed by atoms with E-state index < -0.39 is 0 Å². The zero-order valence-corrected chi connectivity index (χ0v) is 15.3. The average molecular weight is 325 g/mol. The third-order valence-corrected chi connectivity index (χ3v) is 5.04. The van der Waals surface area contributed by atoms with Crippen LogP contribution in [0.15, 0.2) is 30.3 Å². The van der Waals surface area contributed by atoms with Crippen molar-refractivity contribution in [3.8, 4) is 0 Å². The first-order chi connectivity index (χ1) is 11.4. The van der Waals surface area contributed by atoms with Gasteiger partial charge in [0.1, 0.15) is 0 Å². The topological polar surface area (TPSA) is 43.1 Å². The Balaban J connectivity index is 2.58. The number of nitro benzene ring substituents is 1. The molecule has 0 saturated heterocycles. The van der Waals surface area contributed by atoms with E-state index in [1.807, 2.05) is 19.9 Å². The van der Waals surface area contributed by atoms with Crippen molar-refractivity contribution in [3.05, 3.63) is 73.8 Å². The van der Waals surface area contributed by atoms with Crippen LogP contribution in [-0.2, 0) is 19.3 Å². The van der Waals surface area contributed by atoms with Gasteiger partial charge in [-0.3, -0.25) is 10.1 Å². The summed E-state index contributed by atoms with van der Waals surface area (Å²) >= 11 is 0. The molecule has 0 saturated carbocycles. The standard InChI is InChI=1S/C21H27NO2/c1-6-16-9-10-18(13-14(16)4)15(5)20-12-11-17(7-2)19(8-3)21(20)22(23)24/h9-13,15H,6-8H2,1-5H3. The first kappa shape index (κ1) is 18.2. The normalized spacial score (nSPS) is 12.2. The van der Waals surface area contributed by atoms with E-state index >= 15 is 0 Å². The van der Waals surface area contributed by atoms with Crippen LogP contribution in [-0.4, -0.2) is 4.92 Å². The van der Waals surface area contributed by atoms with E-state index in [-0.39, 0.29) is 10.8 Å². The van der Waals surface area contributed by atoms with Crippen molar-refractivity contribution < 1.29 is 4.92 Å². The molecule has 0 fully saturated rings. The second kappa shape index (κ2) is 7.61. The fourth-order valence-electron chi connectivity index (χ4n) is 3.55. The van der Waals surface area contributed by atoms with E-state index in [1.165, 1.54) is 11.1 Å². The van der Waals surface area contributed by atoms with Gasteiger partial charge < -0.3 is 0 Å². The van der Waals surface area contributed by atoms with E-state index in [1.54, 1.807) is 0 Å². The Morgan fingerprint density at radius 3 is 2.12 bits per heavy atom. The maximum Gasteiger partial charge on any atom is 0.276 e. The lowest BCUT2D eigenvalue weighted by molar-refractivity contribution is -0.386. The van der Waals surface area contributed by atoms with Gasteiger partial charge in [0.2, 0.25) is 0 Å². The van der Waals surface area contributed by atoms with Crippen molar-refractivity contribution in [3.63, 3.8) is 0 Å². The molecule has 128 valence electrons. The van der Waals surface area contributed by atoms with Crippen molar-refractivity contribution in [1.82, 2.24) is 0 Å². The van der Waals surface area contributed by atoms with E-state index in [9.17, 15) is 10.1 Å². The van der Waals surface area contributed by atoms with Crippen LogP contribution in [0.5, 0.6) is 0 Å². The SMILES string of the molecule is CCc1ccc(C(C)c2ccc(CC)c(CC)c2[N+](=O)[O-])cc1C. The number of aryl methyl sites for hydroxylation is 3. The summed E-state index contributed by atoms with van der Waals surface area (Å²) in [7, 11) is 0. The highest BCUT2D eigenvalue weighted by atomic mass is 16.6. The van der Waals surface area contributed by atoms with E-state index in [0.717, 1.165) is 35.1 Å². The molecule has 0 heterocycles. The molecule has 0 aromatic heterocycles. The molecule has 3 heteroatoms. The van der Waals surface area contributed by atoms with Crippen molar-refractivity contribution in [2.75, 3.05) is 0 Å². The molecular formula is C21H27NO2. The van der Waals surface area contributed by atoms with Crippen LogP contribution in [0.3, 0.4) is 0 Å². The first-order valence-corrected chi connectivity index (χ1v) is 8.82. The summed E-state index contributed by atoms with van der Waals surface area (Å²) in [5, 5.41) is 11.8. The second-order valence-electron chi connectivity index (χ2n) is 6.37. The van der Waals surface area contributed by atoms with Crippen LogP contribution in [0.2, 0.25) is 0 Å². The molecule has 0 aliphatic carbocycles. The molecule has 0 aliphatic heterocycles. The Kier molecular flexibility index (Phi) is 5.76. The summed E-state index contributed by atoms with van der Waals surface area (Å²) < 4.78 is 0. The molecule has 0 amide bonds. The third kappa shape index (κ3) is 3.35. The summed E-state index contributed by atoms with van der Waals surface area (Å²) in [6, 6.07) is 10.4. The van der Waals surface area contributed by atoms with Gasteiger partial charge in [-0.1, -0.05) is 58.0 Å². The van der Waals surface area contributed by atoms with Crippen LogP contribution in [0.1, 0.15) is 67.0 Å². The van der Waals surface area contributed by atoms with Crippen molar-refractivity contribution in [2.24, 2.45) is 0 Å². The van der Waals surface area contributed by atoms with Gasteiger partial charge in [0.05, 0.1) is 4.92 Å². The molecule has 1 unspecified atom stereocenters. The summed E-state index contributed by atoms with van der Waals surface area (Å²) in [5.41, 5.74) is 6.81. The molecule has 0 N–H and O–H groups in total. The highest BCUT2D eigenvalue weighted by molar-refractivity contribution is 5.56. The minimum absolute atomic E-state index is 0.00575. The maximum atomic E-state index is 11.8. The maximum absolute atomic E-state index is 11.8. The Bertz CT molecular complexity index is 750. The number of nitro groups is 1. The van der Waals surface area contributed by atoms with E-state index in [2.05, 4.69) is 45.0 Å². The number of hydrogen-bond donors (Lipinski definition) is 0. The third-order valence-electron chi connectivity index (χ3n) is 5.04. The van der Waals surface area contributed by atoms with Crippen molar-refractivity contribution in [1.29, 1.82) is 0 Å². The molecule has 3 nitrogen and oxygen atoms in total. The Morgan fingerprint density at radius 2 is 1.62 bits per heavy atom. The van der Waals surface area contributed by atoms with E-state index in [4.69, 9.17) is 0 Å². The largest absolute Gasteiger partial charge is 0.276 e. The van der Waals surface area contributed by atoms with Crippen LogP contribution in [0, 0.1) is 17.0 Å². The predicted molar refractivity (Wildman–Crippen MR) is 99.9 cm³/mol. The monoisotopic (exact) mass is 325 g/mol. The molecule has 0 aliphatic rings. The Labute approximate surface area is 144 Å². The van der Waals surface area contributed by atoms with Gasteiger partial charge >= 0.3 is 0 Å². The van der Waals surface area contributed by atoms with Gasteiger partial charge in [0.25, 0.3) is 5.69 Å². The van der Waals surface area contributed by atoms with Gasteiger partial charge in [0.15, 0.2) is 0 Å². The summed E-state index contributed by atoms with van der Waals surface area (Å²) in [6.07, 6.45) is 2.52. The van der Waals surface area contributed by atoms with Crippen LogP contribution in [0.4, 0.5) is 5.69 Å². The molecule has 0 spiro atoms. The van der Waals surface area contributed by atoms with Gasteiger partial charge in [-0.25, -0.2) is 0 Å². The molecule has 0 radical (unpaired) electrons. The minimum Gasteiger partial charge on any atom is -0.258 e. The lowest BCUT2D eigenvalue weighted by Crippen LogP contribution is -2.07.